The Bertz CT molecular complexity index is 577. The highest BCUT2D eigenvalue weighted by Gasteiger charge is 2.40. The normalized spacial score (nSPS) is 25.9. The van der Waals surface area contributed by atoms with Gasteiger partial charge in [-0.1, -0.05) is 20.8 Å². The summed E-state index contributed by atoms with van der Waals surface area (Å²) in [6, 6.07) is 0. The summed E-state index contributed by atoms with van der Waals surface area (Å²) in [7, 11) is -1.98. The molecule has 2 rings (SSSR count). The molecule has 20 heavy (non-hydrogen) atoms. The molecule has 1 aromatic rings. The second kappa shape index (κ2) is 5.11. The van der Waals surface area contributed by atoms with Crippen molar-refractivity contribution in [3.8, 4) is 0 Å². The fraction of sp³-hybridized carbons (Fsp3) is 0.769. The van der Waals surface area contributed by atoms with Gasteiger partial charge in [-0.2, -0.15) is 9.40 Å². The maximum absolute atomic E-state index is 14.3. The van der Waals surface area contributed by atoms with Crippen LogP contribution >= 0.6 is 0 Å². The third kappa shape index (κ3) is 2.88. The lowest BCUT2D eigenvalue weighted by Crippen LogP contribution is -2.48. The number of halogens is 1. The first-order valence-electron chi connectivity index (χ1n) is 6.75. The summed E-state index contributed by atoms with van der Waals surface area (Å²) in [5.41, 5.74) is -0.149. The Hall–Kier alpha value is -0.950. The van der Waals surface area contributed by atoms with Crippen molar-refractivity contribution in [2.75, 3.05) is 13.1 Å². The van der Waals surface area contributed by atoms with Crippen molar-refractivity contribution in [1.29, 1.82) is 0 Å². The Morgan fingerprint density at radius 2 is 2.05 bits per heavy atom. The minimum atomic E-state index is -3.63. The SMILES string of the molecule is Cn1cc(S(=O)(=O)N2CC[C@H](C(C)(C)C)[C@H](F)C2)cn1. The van der Waals surface area contributed by atoms with E-state index in [-0.39, 0.29) is 22.8 Å². The van der Waals surface area contributed by atoms with Gasteiger partial charge >= 0.3 is 0 Å². The highest BCUT2D eigenvalue weighted by atomic mass is 32.2. The molecule has 1 saturated heterocycles. The molecule has 0 unspecified atom stereocenters. The number of alkyl halides is 1. The molecule has 0 aliphatic carbocycles. The molecular weight excluding hydrogens is 281 g/mol. The molecule has 0 N–H and O–H groups in total. The van der Waals surface area contributed by atoms with Crippen LogP contribution in [0.25, 0.3) is 0 Å². The van der Waals surface area contributed by atoms with Crippen LogP contribution in [0.4, 0.5) is 4.39 Å². The first kappa shape index (κ1) is 15.4. The lowest BCUT2D eigenvalue weighted by molar-refractivity contribution is 0.0557. The summed E-state index contributed by atoms with van der Waals surface area (Å²) in [4.78, 5) is 0.126. The minimum Gasteiger partial charge on any atom is -0.274 e. The van der Waals surface area contributed by atoms with E-state index in [1.54, 1.807) is 7.05 Å². The van der Waals surface area contributed by atoms with E-state index >= 15 is 0 Å². The van der Waals surface area contributed by atoms with Gasteiger partial charge in [-0.15, -0.1) is 0 Å². The van der Waals surface area contributed by atoms with Gasteiger partial charge < -0.3 is 0 Å². The van der Waals surface area contributed by atoms with Crippen molar-refractivity contribution in [2.24, 2.45) is 18.4 Å². The van der Waals surface area contributed by atoms with E-state index in [1.165, 1.54) is 21.4 Å². The van der Waals surface area contributed by atoms with E-state index in [0.717, 1.165) is 0 Å². The monoisotopic (exact) mass is 303 g/mol. The third-order valence-electron chi connectivity index (χ3n) is 3.94. The molecule has 0 spiro atoms. The zero-order chi connectivity index (χ0) is 15.1. The van der Waals surface area contributed by atoms with Crippen molar-refractivity contribution in [2.45, 2.75) is 38.3 Å². The third-order valence-corrected chi connectivity index (χ3v) is 5.75. The van der Waals surface area contributed by atoms with Crippen molar-refractivity contribution in [1.82, 2.24) is 14.1 Å². The van der Waals surface area contributed by atoms with Crippen LogP contribution in [0.1, 0.15) is 27.2 Å². The number of hydrogen-bond donors (Lipinski definition) is 0. The number of sulfonamides is 1. The molecule has 114 valence electrons. The van der Waals surface area contributed by atoms with Crippen molar-refractivity contribution < 1.29 is 12.8 Å². The van der Waals surface area contributed by atoms with E-state index in [9.17, 15) is 12.8 Å². The van der Waals surface area contributed by atoms with Crippen molar-refractivity contribution in [3.05, 3.63) is 12.4 Å². The minimum absolute atomic E-state index is 0.0703. The molecule has 0 aromatic carbocycles. The van der Waals surface area contributed by atoms with Crippen LogP contribution in [-0.4, -0.2) is 41.8 Å². The summed E-state index contributed by atoms with van der Waals surface area (Å²) in [6.07, 6.45) is 2.16. The number of rotatable bonds is 2. The maximum Gasteiger partial charge on any atom is 0.246 e. The highest BCUT2D eigenvalue weighted by Crippen LogP contribution is 2.37. The quantitative estimate of drug-likeness (QED) is 0.837. The smallest absolute Gasteiger partial charge is 0.246 e. The number of nitrogens with zero attached hydrogens (tertiary/aromatic N) is 3. The van der Waals surface area contributed by atoms with Gasteiger partial charge in [0.15, 0.2) is 0 Å². The lowest BCUT2D eigenvalue weighted by atomic mass is 9.74. The topological polar surface area (TPSA) is 55.2 Å². The number of aromatic nitrogens is 2. The van der Waals surface area contributed by atoms with Crippen LogP contribution in [0, 0.1) is 11.3 Å². The van der Waals surface area contributed by atoms with Crippen LogP contribution in [0.5, 0.6) is 0 Å². The van der Waals surface area contributed by atoms with Crippen molar-refractivity contribution >= 4 is 10.0 Å². The summed E-state index contributed by atoms with van der Waals surface area (Å²) in [5.74, 6) is -0.108. The molecule has 0 amide bonds. The van der Waals surface area contributed by atoms with Gasteiger partial charge in [-0.05, 0) is 17.8 Å². The largest absolute Gasteiger partial charge is 0.274 e. The fourth-order valence-corrected chi connectivity index (χ4v) is 4.20. The molecule has 2 heterocycles. The first-order valence-corrected chi connectivity index (χ1v) is 8.19. The molecule has 0 bridgehead atoms. The van der Waals surface area contributed by atoms with Crippen LogP contribution in [0.3, 0.4) is 0 Å². The Balaban J connectivity index is 2.17. The Labute approximate surface area is 119 Å². The average molecular weight is 303 g/mol. The van der Waals surface area contributed by atoms with Crippen LogP contribution < -0.4 is 0 Å². The van der Waals surface area contributed by atoms with E-state index in [4.69, 9.17) is 0 Å². The van der Waals surface area contributed by atoms with E-state index < -0.39 is 16.2 Å². The Morgan fingerprint density at radius 1 is 1.40 bits per heavy atom. The highest BCUT2D eigenvalue weighted by molar-refractivity contribution is 7.89. The average Bonchev–Trinajstić information content (AvgIpc) is 2.74. The number of piperidine rings is 1. The van der Waals surface area contributed by atoms with Crippen LogP contribution in [0.2, 0.25) is 0 Å². The molecule has 1 aromatic heterocycles. The predicted molar refractivity (Wildman–Crippen MR) is 74.4 cm³/mol. The molecular formula is C13H22FN3O2S. The molecule has 1 aliphatic heterocycles. The molecule has 1 aliphatic rings. The molecule has 1 fully saturated rings. The van der Waals surface area contributed by atoms with Gasteiger partial charge in [0.05, 0.1) is 6.20 Å². The molecule has 0 saturated carbocycles. The molecule has 7 heteroatoms. The zero-order valence-corrected chi connectivity index (χ0v) is 13.2. The predicted octanol–water partition coefficient (Wildman–Crippen LogP) is 1.81. The van der Waals surface area contributed by atoms with E-state index in [1.807, 2.05) is 20.8 Å². The second-order valence-corrected chi connectivity index (χ2v) is 8.43. The standard InChI is InChI=1S/C13H22FN3O2S/c1-13(2,3)11-5-6-17(9-12(11)14)20(18,19)10-7-15-16(4)8-10/h7-8,11-12H,5-6,9H2,1-4H3/t11-,12+/m0/s1. The summed E-state index contributed by atoms with van der Waals surface area (Å²) < 4.78 is 41.8. The first-order chi connectivity index (χ1) is 9.12. The second-order valence-electron chi connectivity index (χ2n) is 6.49. The fourth-order valence-electron chi connectivity index (χ4n) is 2.75. The van der Waals surface area contributed by atoms with E-state index in [2.05, 4.69) is 5.10 Å². The zero-order valence-electron chi connectivity index (χ0n) is 12.4. The number of aryl methyl sites for hydroxylation is 1. The summed E-state index contributed by atoms with van der Waals surface area (Å²) in [5, 5.41) is 3.87. The van der Waals surface area contributed by atoms with Gasteiger partial charge in [0, 0.05) is 26.3 Å². The van der Waals surface area contributed by atoms with Gasteiger partial charge in [0.1, 0.15) is 11.1 Å². The lowest BCUT2D eigenvalue weighted by Gasteiger charge is -2.40. The van der Waals surface area contributed by atoms with Gasteiger partial charge in [-0.25, -0.2) is 12.8 Å². The van der Waals surface area contributed by atoms with E-state index in [0.29, 0.717) is 13.0 Å². The van der Waals surface area contributed by atoms with Crippen LogP contribution in [-0.2, 0) is 17.1 Å². The number of hydrogen-bond acceptors (Lipinski definition) is 3. The van der Waals surface area contributed by atoms with Gasteiger partial charge in [-0.3, -0.25) is 4.68 Å². The summed E-state index contributed by atoms with van der Waals surface area (Å²) in [6.45, 7) is 6.28. The van der Waals surface area contributed by atoms with Crippen molar-refractivity contribution in [3.63, 3.8) is 0 Å². The molecule has 2 atom stereocenters. The summed E-state index contributed by atoms with van der Waals surface area (Å²) >= 11 is 0. The van der Waals surface area contributed by atoms with Gasteiger partial charge in [0.25, 0.3) is 0 Å². The maximum atomic E-state index is 14.3. The Kier molecular flexibility index (Phi) is 3.94. The Morgan fingerprint density at radius 3 is 2.50 bits per heavy atom. The van der Waals surface area contributed by atoms with Gasteiger partial charge in [0.2, 0.25) is 10.0 Å². The molecule has 5 nitrogen and oxygen atoms in total. The molecule has 0 radical (unpaired) electrons. The van der Waals surface area contributed by atoms with Crippen LogP contribution in [0.15, 0.2) is 17.3 Å².